The first-order valence-electron chi connectivity index (χ1n) is 7.98. The van der Waals surface area contributed by atoms with Crippen LogP contribution >= 0.6 is 0 Å². The number of nitrogens with one attached hydrogen (secondary N) is 1. The van der Waals surface area contributed by atoms with Gasteiger partial charge in [0.2, 0.25) is 11.8 Å². The monoisotopic (exact) mass is 322 g/mol. The molecule has 0 radical (unpaired) electrons. The smallest absolute Gasteiger partial charge is 0.309 e. The molecule has 1 spiro atoms. The third-order valence-electron chi connectivity index (χ3n) is 4.85. The van der Waals surface area contributed by atoms with Crippen molar-refractivity contribution in [3.05, 3.63) is 11.7 Å². The molecule has 0 saturated carbocycles. The van der Waals surface area contributed by atoms with Crippen LogP contribution in [0.4, 0.5) is 0 Å². The largest absolute Gasteiger partial charge is 0.481 e. The Morgan fingerprint density at radius 3 is 2.74 bits per heavy atom. The first-order valence-corrected chi connectivity index (χ1v) is 7.98. The molecule has 1 atom stereocenters. The second kappa shape index (κ2) is 5.92. The number of carbonyl (C=O) groups is 2. The SMILES string of the molecule is CC(C)c1noc(CN2CCC3(CC2)NC(=O)CC3C(=O)O)n1. The molecule has 23 heavy (non-hydrogen) atoms. The summed E-state index contributed by atoms with van der Waals surface area (Å²) in [6, 6.07) is 0. The van der Waals surface area contributed by atoms with Crippen molar-refractivity contribution in [2.75, 3.05) is 13.1 Å². The molecule has 1 aromatic rings. The normalized spacial score (nSPS) is 24.3. The lowest BCUT2D eigenvalue weighted by atomic mass is 9.78. The van der Waals surface area contributed by atoms with Crippen molar-refractivity contribution in [3.63, 3.8) is 0 Å². The highest BCUT2D eigenvalue weighted by Gasteiger charge is 2.51. The van der Waals surface area contributed by atoms with Crippen molar-refractivity contribution in [2.45, 2.75) is 51.1 Å². The van der Waals surface area contributed by atoms with E-state index in [0.29, 0.717) is 44.2 Å². The van der Waals surface area contributed by atoms with Crippen LogP contribution in [0.5, 0.6) is 0 Å². The fourth-order valence-corrected chi connectivity index (χ4v) is 3.46. The number of aromatic nitrogens is 2. The Kier molecular flexibility index (Phi) is 4.09. The van der Waals surface area contributed by atoms with Crippen LogP contribution in [0.2, 0.25) is 0 Å². The molecule has 0 bridgehead atoms. The number of carboxylic acids is 1. The zero-order valence-corrected chi connectivity index (χ0v) is 13.4. The summed E-state index contributed by atoms with van der Waals surface area (Å²) in [5.74, 6) is -0.188. The van der Waals surface area contributed by atoms with Gasteiger partial charge in [0.1, 0.15) is 0 Å². The second-order valence-electron chi connectivity index (χ2n) is 6.78. The summed E-state index contributed by atoms with van der Waals surface area (Å²) in [6.07, 6.45) is 1.33. The predicted molar refractivity (Wildman–Crippen MR) is 79.5 cm³/mol. The van der Waals surface area contributed by atoms with Gasteiger partial charge in [-0.15, -0.1) is 0 Å². The van der Waals surface area contributed by atoms with E-state index in [-0.39, 0.29) is 18.2 Å². The predicted octanol–water partition coefficient (Wildman–Crippen LogP) is 0.748. The van der Waals surface area contributed by atoms with Crippen molar-refractivity contribution >= 4 is 11.9 Å². The summed E-state index contributed by atoms with van der Waals surface area (Å²) >= 11 is 0. The number of hydrogen-bond donors (Lipinski definition) is 2. The standard InChI is InChI=1S/C15H22N4O4/c1-9(2)13-16-12(23-18-13)8-19-5-3-15(4-6-19)10(14(21)22)7-11(20)17-15/h9-10H,3-8H2,1-2H3,(H,17,20)(H,21,22). The summed E-state index contributed by atoms with van der Waals surface area (Å²) in [6.45, 7) is 5.97. The minimum absolute atomic E-state index is 0.0801. The van der Waals surface area contributed by atoms with E-state index in [2.05, 4.69) is 20.4 Å². The highest BCUT2D eigenvalue weighted by molar-refractivity contribution is 5.88. The number of carbonyl (C=O) groups excluding carboxylic acids is 1. The van der Waals surface area contributed by atoms with Crippen LogP contribution in [0.15, 0.2) is 4.52 Å². The molecule has 2 fully saturated rings. The number of likely N-dealkylation sites (tertiary alicyclic amines) is 1. The molecule has 3 rings (SSSR count). The Balaban J connectivity index is 1.61. The first kappa shape index (κ1) is 15.9. The lowest BCUT2D eigenvalue weighted by molar-refractivity contribution is -0.144. The van der Waals surface area contributed by atoms with Crippen molar-refractivity contribution in [1.82, 2.24) is 20.4 Å². The van der Waals surface area contributed by atoms with Gasteiger partial charge in [-0.25, -0.2) is 0 Å². The molecule has 1 unspecified atom stereocenters. The molecule has 0 aromatic carbocycles. The fraction of sp³-hybridized carbons (Fsp3) is 0.733. The van der Waals surface area contributed by atoms with E-state index in [1.807, 2.05) is 13.8 Å². The summed E-state index contributed by atoms with van der Waals surface area (Å²) in [5, 5.41) is 16.2. The second-order valence-corrected chi connectivity index (χ2v) is 6.78. The van der Waals surface area contributed by atoms with E-state index in [4.69, 9.17) is 4.52 Å². The molecule has 2 aliphatic heterocycles. The fourth-order valence-electron chi connectivity index (χ4n) is 3.46. The van der Waals surface area contributed by atoms with E-state index in [9.17, 15) is 14.7 Å². The number of nitrogens with zero attached hydrogens (tertiary/aromatic N) is 3. The topological polar surface area (TPSA) is 109 Å². The number of amides is 1. The van der Waals surface area contributed by atoms with Gasteiger partial charge in [0.25, 0.3) is 0 Å². The minimum atomic E-state index is -0.893. The quantitative estimate of drug-likeness (QED) is 0.842. The number of piperidine rings is 1. The third-order valence-corrected chi connectivity index (χ3v) is 4.85. The van der Waals surface area contributed by atoms with Gasteiger partial charge in [0, 0.05) is 25.4 Å². The van der Waals surface area contributed by atoms with Gasteiger partial charge in [-0.3, -0.25) is 14.5 Å². The van der Waals surface area contributed by atoms with E-state index < -0.39 is 17.4 Å². The lowest BCUT2D eigenvalue weighted by Crippen LogP contribution is -2.55. The van der Waals surface area contributed by atoms with Gasteiger partial charge in [-0.2, -0.15) is 4.98 Å². The van der Waals surface area contributed by atoms with E-state index in [1.165, 1.54) is 0 Å². The van der Waals surface area contributed by atoms with E-state index in [1.54, 1.807) is 0 Å². The molecule has 2 saturated heterocycles. The average Bonchev–Trinajstić information content (AvgIpc) is 3.07. The highest BCUT2D eigenvalue weighted by Crippen LogP contribution is 2.37. The first-order chi connectivity index (χ1) is 10.9. The molecule has 8 nitrogen and oxygen atoms in total. The Morgan fingerprint density at radius 1 is 1.48 bits per heavy atom. The maximum Gasteiger partial charge on any atom is 0.309 e. The van der Waals surface area contributed by atoms with Crippen LogP contribution in [-0.2, 0) is 16.1 Å². The van der Waals surface area contributed by atoms with E-state index >= 15 is 0 Å². The molecule has 126 valence electrons. The van der Waals surface area contributed by atoms with Gasteiger partial charge in [-0.1, -0.05) is 19.0 Å². The number of carboxylic acid groups (broad SMARTS) is 1. The molecule has 1 amide bonds. The molecule has 2 N–H and O–H groups in total. The van der Waals surface area contributed by atoms with Crippen molar-refractivity contribution in [3.8, 4) is 0 Å². The molecular weight excluding hydrogens is 300 g/mol. The van der Waals surface area contributed by atoms with Crippen LogP contribution < -0.4 is 5.32 Å². The summed E-state index contributed by atoms with van der Waals surface area (Å²) in [4.78, 5) is 29.6. The summed E-state index contributed by atoms with van der Waals surface area (Å²) < 4.78 is 5.26. The maximum atomic E-state index is 11.6. The Hall–Kier alpha value is -1.96. The minimum Gasteiger partial charge on any atom is -0.481 e. The number of hydrogen-bond acceptors (Lipinski definition) is 6. The van der Waals surface area contributed by atoms with Crippen LogP contribution in [0, 0.1) is 5.92 Å². The number of aliphatic carboxylic acids is 1. The zero-order chi connectivity index (χ0) is 16.6. The van der Waals surface area contributed by atoms with Crippen LogP contribution in [-0.4, -0.2) is 50.7 Å². The van der Waals surface area contributed by atoms with Crippen LogP contribution in [0.3, 0.4) is 0 Å². The lowest BCUT2D eigenvalue weighted by Gasteiger charge is -2.41. The average molecular weight is 322 g/mol. The number of rotatable bonds is 4. The van der Waals surface area contributed by atoms with Gasteiger partial charge in [0.15, 0.2) is 5.82 Å². The Morgan fingerprint density at radius 2 is 2.17 bits per heavy atom. The van der Waals surface area contributed by atoms with Gasteiger partial charge in [-0.05, 0) is 12.8 Å². The maximum absolute atomic E-state index is 11.6. The van der Waals surface area contributed by atoms with Crippen LogP contribution in [0.25, 0.3) is 0 Å². The molecule has 1 aromatic heterocycles. The summed E-state index contributed by atoms with van der Waals surface area (Å²) in [5.41, 5.74) is -0.600. The molecule has 2 aliphatic rings. The molecule has 3 heterocycles. The Labute approximate surface area is 134 Å². The van der Waals surface area contributed by atoms with Crippen molar-refractivity contribution in [2.24, 2.45) is 5.92 Å². The van der Waals surface area contributed by atoms with E-state index in [0.717, 1.165) is 0 Å². The zero-order valence-electron chi connectivity index (χ0n) is 13.4. The van der Waals surface area contributed by atoms with Gasteiger partial charge in [0.05, 0.1) is 18.0 Å². The third kappa shape index (κ3) is 3.08. The highest BCUT2D eigenvalue weighted by atomic mass is 16.5. The molecule has 0 aliphatic carbocycles. The van der Waals surface area contributed by atoms with Gasteiger partial charge < -0.3 is 14.9 Å². The Bertz CT molecular complexity index is 604. The molecular formula is C15H22N4O4. The molecule has 8 heteroatoms. The van der Waals surface area contributed by atoms with Crippen LogP contribution in [0.1, 0.15) is 50.7 Å². The van der Waals surface area contributed by atoms with Crippen molar-refractivity contribution < 1.29 is 19.2 Å². The van der Waals surface area contributed by atoms with Gasteiger partial charge >= 0.3 is 5.97 Å². The summed E-state index contributed by atoms with van der Waals surface area (Å²) in [7, 11) is 0. The van der Waals surface area contributed by atoms with Crippen molar-refractivity contribution in [1.29, 1.82) is 0 Å².